The van der Waals surface area contributed by atoms with Crippen LogP contribution in [0.3, 0.4) is 0 Å². The molecule has 106 valence electrons. The van der Waals surface area contributed by atoms with Crippen molar-refractivity contribution in [2.75, 3.05) is 26.2 Å². The number of aryl methyl sites for hydroxylation is 1. The molecule has 1 aromatic rings. The third-order valence-electron chi connectivity index (χ3n) is 4.21. The number of likely N-dealkylation sites (tertiary alicyclic amines) is 1. The first-order valence-electron chi connectivity index (χ1n) is 7.39. The van der Waals surface area contributed by atoms with Gasteiger partial charge in [0.05, 0.1) is 0 Å². The molecular weight excluding hydrogens is 236 g/mol. The van der Waals surface area contributed by atoms with Gasteiger partial charge >= 0.3 is 0 Å². The molecule has 2 rings (SSSR count). The average Bonchev–Trinajstić information content (AvgIpc) is 2.84. The van der Waals surface area contributed by atoms with Crippen molar-refractivity contribution < 1.29 is 5.11 Å². The largest absolute Gasteiger partial charge is 0.508 e. The molecule has 1 atom stereocenters. The lowest BCUT2D eigenvalue weighted by atomic mass is 10.1. The van der Waals surface area contributed by atoms with E-state index in [-0.39, 0.29) is 0 Å². The van der Waals surface area contributed by atoms with E-state index < -0.39 is 0 Å². The van der Waals surface area contributed by atoms with Crippen LogP contribution in [0.1, 0.15) is 31.4 Å². The highest BCUT2D eigenvalue weighted by molar-refractivity contribution is 5.35. The van der Waals surface area contributed by atoms with Crippen LogP contribution < -0.4 is 0 Å². The van der Waals surface area contributed by atoms with E-state index in [9.17, 15) is 5.11 Å². The predicted octanol–water partition coefficient (Wildman–Crippen LogP) is 2.62. The van der Waals surface area contributed by atoms with Gasteiger partial charge in [0, 0.05) is 31.2 Å². The second kappa shape index (κ2) is 6.40. The number of aromatic hydroxyl groups is 1. The van der Waals surface area contributed by atoms with Crippen LogP contribution in [-0.2, 0) is 6.54 Å². The fourth-order valence-electron chi connectivity index (χ4n) is 3.08. The monoisotopic (exact) mass is 262 g/mol. The lowest BCUT2D eigenvalue weighted by Crippen LogP contribution is -2.37. The maximum atomic E-state index is 9.93. The van der Waals surface area contributed by atoms with Gasteiger partial charge in [0.2, 0.25) is 0 Å². The zero-order valence-corrected chi connectivity index (χ0v) is 12.4. The molecule has 1 unspecified atom stereocenters. The van der Waals surface area contributed by atoms with Crippen LogP contribution in [0, 0.1) is 6.92 Å². The van der Waals surface area contributed by atoms with Gasteiger partial charge < -0.3 is 5.11 Å². The number of likely N-dealkylation sites (N-methyl/N-ethyl adjacent to an activating group) is 1. The van der Waals surface area contributed by atoms with E-state index in [2.05, 4.69) is 36.6 Å². The van der Waals surface area contributed by atoms with Crippen LogP contribution >= 0.6 is 0 Å². The zero-order chi connectivity index (χ0) is 13.8. The van der Waals surface area contributed by atoms with E-state index in [1.54, 1.807) is 0 Å². The van der Waals surface area contributed by atoms with E-state index in [1.165, 1.54) is 12.0 Å². The zero-order valence-electron chi connectivity index (χ0n) is 12.4. The minimum atomic E-state index is 0.428. The first-order valence-corrected chi connectivity index (χ1v) is 7.39. The Labute approximate surface area is 116 Å². The molecule has 1 aliphatic heterocycles. The van der Waals surface area contributed by atoms with Gasteiger partial charge in [-0.05, 0) is 32.5 Å². The Balaban J connectivity index is 1.96. The summed E-state index contributed by atoms with van der Waals surface area (Å²) >= 11 is 0. The summed E-state index contributed by atoms with van der Waals surface area (Å²) in [7, 11) is 0. The van der Waals surface area contributed by atoms with Crippen molar-refractivity contribution in [2.45, 2.75) is 39.8 Å². The first-order chi connectivity index (χ1) is 9.13. The summed E-state index contributed by atoms with van der Waals surface area (Å²) in [4.78, 5) is 4.99. The third-order valence-corrected chi connectivity index (χ3v) is 4.21. The van der Waals surface area contributed by atoms with Crippen LogP contribution in [0.5, 0.6) is 5.75 Å². The number of rotatable bonds is 5. The van der Waals surface area contributed by atoms with E-state index in [0.29, 0.717) is 11.8 Å². The summed E-state index contributed by atoms with van der Waals surface area (Å²) in [6.07, 6.45) is 1.24. The third kappa shape index (κ3) is 3.48. The number of hydrogen-bond acceptors (Lipinski definition) is 3. The smallest absolute Gasteiger partial charge is 0.120 e. The second-order valence-corrected chi connectivity index (χ2v) is 5.53. The van der Waals surface area contributed by atoms with Gasteiger partial charge in [-0.15, -0.1) is 0 Å². The van der Waals surface area contributed by atoms with Crippen molar-refractivity contribution in [1.82, 2.24) is 9.80 Å². The predicted molar refractivity (Wildman–Crippen MR) is 79.4 cm³/mol. The standard InChI is InChI=1S/C16H26N2O/c1-4-18(5-2)15-8-9-17(12-15)11-14-10-13(3)6-7-16(14)19/h6-7,10,15,19H,4-5,8-9,11-12H2,1-3H3. The van der Waals surface area contributed by atoms with Crippen LogP contribution in [0.25, 0.3) is 0 Å². The quantitative estimate of drug-likeness (QED) is 0.883. The highest BCUT2D eigenvalue weighted by atomic mass is 16.3. The van der Waals surface area contributed by atoms with E-state index >= 15 is 0 Å². The second-order valence-electron chi connectivity index (χ2n) is 5.53. The van der Waals surface area contributed by atoms with E-state index in [0.717, 1.165) is 38.3 Å². The van der Waals surface area contributed by atoms with Crippen molar-refractivity contribution in [2.24, 2.45) is 0 Å². The van der Waals surface area contributed by atoms with Gasteiger partial charge in [-0.2, -0.15) is 0 Å². The molecule has 0 aliphatic carbocycles. The summed E-state index contributed by atoms with van der Waals surface area (Å²) in [5.74, 6) is 0.428. The van der Waals surface area contributed by atoms with Gasteiger partial charge in [0.1, 0.15) is 5.75 Å². The van der Waals surface area contributed by atoms with Gasteiger partial charge in [-0.3, -0.25) is 9.80 Å². The molecule has 1 heterocycles. The maximum absolute atomic E-state index is 9.93. The molecule has 3 heteroatoms. The molecule has 0 bridgehead atoms. The SMILES string of the molecule is CCN(CC)C1CCN(Cc2cc(C)ccc2O)C1. The lowest BCUT2D eigenvalue weighted by molar-refractivity contribution is 0.208. The number of phenols is 1. The normalized spacial score (nSPS) is 20.3. The number of phenolic OH excluding ortho intramolecular Hbond substituents is 1. The Bertz CT molecular complexity index is 415. The lowest BCUT2D eigenvalue weighted by Gasteiger charge is -2.26. The number of benzene rings is 1. The van der Waals surface area contributed by atoms with Crippen molar-refractivity contribution in [3.05, 3.63) is 29.3 Å². The molecule has 0 radical (unpaired) electrons. The van der Waals surface area contributed by atoms with Crippen LogP contribution in [0.2, 0.25) is 0 Å². The van der Waals surface area contributed by atoms with Crippen LogP contribution in [0.4, 0.5) is 0 Å². The summed E-state index contributed by atoms with van der Waals surface area (Å²) in [6.45, 7) is 11.9. The van der Waals surface area contributed by atoms with Crippen molar-refractivity contribution in [3.63, 3.8) is 0 Å². The fraction of sp³-hybridized carbons (Fsp3) is 0.625. The first kappa shape index (κ1) is 14.4. The Hall–Kier alpha value is -1.06. The van der Waals surface area contributed by atoms with Gasteiger partial charge in [-0.1, -0.05) is 31.5 Å². The summed E-state index contributed by atoms with van der Waals surface area (Å²) in [6, 6.07) is 6.55. The van der Waals surface area contributed by atoms with E-state index in [1.807, 2.05) is 12.1 Å². The van der Waals surface area contributed by atoms with E-state index in [4.69, 9.17) is 0 Å². The highest BCUT2D eigenvalue weighted by Gasteiger charge is 2.26. The molecule has 1 saturated heterocycles. The minimum absolute atomic E-state index is 0.428. The topological polar surface area (TPSA) is 26.7 Å². The minimum Gasteiger partial charge on any atom is -0.508 e. The molecule has 0 saturated carbocycles. The van der Waals surface area contributed by atoms with Crippen molar-refractivity contribution >= 4 is 0 Å². The Morgan fingerprint density at radius 1 is 1.32 bits per heavy atom. The molecule has 1 aliphatic rings. The Morgan fingerprint density at radius 3 is 2.74 bits per heavy atom. The summed E-state index contributed by atoms with van der Waals surface area (Å²) in [5, 5.41) is 9.93. The molecule has 1 aromatic carbocycles. The molecule has 0 aromatic heterocycles. The summed E-state index contributed by atoms with van der Waals surface area (Å²) in [5.41, 5.74) is 2.27. The van der Waals surface area contributed by atoms with Crippen molar-refractivity contribution in [3.8, 4) is 5.75 Å². The molecular formula is C16H26N2O. The number of hydrogen-bond donors (Lipinski definition) is 1. The van der Waals surface area contributed by atoms with Crippen LogP contribution in [0.15, 0.2) is 18.2 Å². The van der Waals surface area contributed by atoms with Crippen molar-refractivity contribution in [1.29, 1.82) is 0 Å². The van der Waals surface area contributed by atoms with Gasteiger partial charge in [0.15, 0.2) is 0 Å². The molecule has 3 nitrogen and oxygen atoms in total. The fourth-order valence-corrected chi connectivity index (χ4v) is 3.08. The molecule has 1 fully saturated rings. The Morgan fingerprint density at radius 2 is 2.05 bits per heavy atom. The molecule has 1 N–H and O–H groups in total. The number of nitrogens with zero attached hydrogens (tertiary/aromatic N) is 2. The average molecular weight is 262 g/mol. The van der Waals surface area contributed by atoms with Gasteiger partial charge in [0.25, 0.3) is 0 Å². The molecule has 0 spiro atoms. The maximum Gasteiger partial charge on any atom is 0.120 e. The molecule has 19 heavy (non-hydrogen) atoms. The Kier molecular flexibility index (Phi) is 4.83. The summed E-state index contributed by atoms with van der Waals surface area (Å²) < 4.78 is 0. The van der Waals surface area contributed by atoms with Gasteiger partial charge in [-0.25, -0.2) is 0 Å². The molecule has 0 amide bonds. The van der Waals surface area contributed by atoms with Crippen LogP contribution in [-0.4, -0.2) is 47.1 Å². The highest BCUT2D eigenvalue weighted by Crippen LogP contribution is 2.23.